The number of halogens is 1. The lowest BCUT2D eigenvalue weighted by Crippen LogP contribution is -2.58. The minimum Gasteiger partial charge on any atom is -0.603 e. The van der Waals surface area contributed by atoms with Gasteiger partial charge in [0.05, 0.1) is 17.6 Å². The van der Waals surface area contributed by atoms with Gasteiger partial charge in [0.25, 0.3) is 5.91 Å². The van der Waals surface area contributed by atoms with Crippen molar-refractivity contribution >= 4 is 34.6 Å². The van der Waals surface area contributed by atoms with E-state index in [2.05, 4.69) is 10.3 Å². The summed E-state index contributed by atoms with van der Waals surface area (Å²) in [6.07, 6.45) is 0.318. The van der Waals surface area contributed by atoms with Gasteiger partial charge in [-0.15, -0.1) is 5.01 Å². The van der Waals surface area contributed by atoms with Crippen LogP contribution in [0, 0.1) is 11.0 Å². The molecule has 1 aromatic heterocycles. The maximum absolute atomic E-state index is 14.9. The fourth-order valence-electron chi connectivity index (χ4n) is 6.66. The van der Waals surface area contributed by atoms with E-state index < -0.39 is 22.8 Å². The highest BCUT2D eigenvalue weighted by Gasteiger charge is 2.40. The quantitative estimate of drug-likeness (QED) is 0.121. The number of hydrogen-bond acceptors (Lipinski definition) is 6. The van der Waals surface area contributed by atoms with Gasteiger partial charge >= 0.3 is 12.0 Å². The standard InChI is InChI=1S/C39H38FN5O5/c1-26(28-8-4-3-5-9-28)45(50,43(2)25-27-12-16-32(40)17-13-27)38(47)31-14-18-35-30(24-31)15-19-36(41-35)42-37(46)34-11-7-6-10-33(34)29-20-22-44(23-21-29)39(48)49/h3-19,24,26,29H,20-23,25H2,1-2H3,(H,48,49)(H,41,42,46). The normalized spacial score (nSPS) is 15.4. The molecule has 2 unspecified atom stereocenters. The number of quaternary nitrogens is 1. The number of piperidine rings is 1. The third kappa shape index (κ3) is 7.11. The number of carbonyl (C=O) groups excluding carboxylic acids is 2. The third-order valence-corrected chi connectivity index (χ3v) is 9.52. The number of anilines is 1. The molecule has 1 aliphatic rings. The van der Waals surface area contributed by atoms with Crippen molar-refractivity contribution in [3.63, 3.8) is 0 Å². The van der Waals surface area contributed by atoms with Gasteiger partial charge in [0.1, 0.15) is 17.7 Å². The summed E-state index contributed by atoms with van der Waals surface area (Å²) in [6.45, 7) is 2.65. The van der Waals surface area contributed by atoms with Crippen LogP contribution in [0.4, 0.5) is 15.0 Å². The second kappa shape index (κ2) is 14.6. The van der Waals surface area contributed by atoms with Crippen LogP contribution in [-0.2, 0) is 6.54 Å². The molecule has 0 saturated carbocycles. The number of aromatic nitrogens is 1. The van der Waals surface area contributed by atoms with E-state index in [1.165, 1.54) is 22.0 Å². The number of carbonyl (C=O) groups is 3. The molecule has 256 valence electrons. The Kier molecular flexibility index (Phi) is 10.0. The average molecular weight is 676 g/mol. The van der Waals surface area contributed by atoms with Crippen LogP contribution in [0.1, 0.15) is 69.1 Å². The summed E-state index contributed by atoms with van der Waals surface area (Å²) in [5.41, 5.74) is 3.47. The molecule has 4 aromatic carbocycles. The summed E-state index contributed by atoms with van der Waals surface area (Å²) in [6, 6.07) is 29.7. The molecule has 10 nitrogen and oxygen atoms in total. The van der Waals surface area contributed by atoms with Crippen LogP contribution >= 0.6 is 0 Å². The number of amides is 3. The number of hydrogen-bond donors (Lipinski definition) is 2. The summed E-state index contributed by atoms with van der Waals surface area (Å²) in [4.78, 5) is 45.1. The average Bonchev–Trinajstić information content (AvgIpc) is 3.14. The van der Waals surface area contributed by atoms with Crippen molar-refractivity contribution < 1.29 is 28.6 Å². The van der Waals surface area contributed by atoms with E-state index >= 15 is 0 Å². The van der Waals surface area contributed by atoms with Crippen molar-refractivity contribution in [1.29, 1.82) is 0 Å². The highest BCUT2D eigenvalue weighted by atomic mass is 19.1. The highest BCUT2D eigenvalue weighted by molar-refractivity contribution is 6.05. The molecule has 0 radical (unpaired) electrons. The van der Waals surface area contributed by atoms with Crippen LogP contribution in [0.5, 0.6) is 0 Å². The van der Waals surface area contributed by atoms with Crippen LogP contribution in [-0.4, -0.2) is 62.8 Å². The molecule has 50 heavy (non-hydrogen) atoms. The van der Waals surface area contributed by atoms with E-state index in [1.54, 1.807) is 68.6 Å². The molecule has 1 fully saturated rings. The Morgan fingerprint density at radius 1 is 0.960 bits per heavy atom. The van der Waals surface area contributed by atoms with Crippen molar-refractivity contribution in [3.8, 4) is 0 Å². The Bertz CT molecular complexity index is 2020. The van der Waals surface area contributed by atoms with Gasteiger partial charge in [-0.3, -0.25) is 4.79 Å². The largest absolute Gasteiger partial charge is 0.603 e. The summed E-state index contributed by atoms with van der Waals surface area (Å²) in [5, 5.41) is 29.1. The minimum atomic E-state index is -1.32. The Hall–Kier alpha value is -5.49. The zero-order chi connectivity index (χ0) is 35.4. The van der Waals surface area contributed by atoms with Crippen LogP contribution < -0.4 is 5.32 Å². The molecule has 5 aromatic rings. The summed E-state index contributed by atoms with van der Waals surface area (Å²) in [5.74, 6) is -1.01. The number of likely N-dealkylation sites (tertiary alicyclic amines) is 1. The number of hydroxylamine groups is 2. The van der Waals surface area contributed by atoms with Crippen LogP contribution in [0.15, 0.2) is 109 Å². The van der Waals surface area contributed by atoms with Gasteiger partial charge in [0.15, 0.2) is 0 Å². The van der Waals surface area contributed by atoms with Crippen molar-refractivity contribution in [1.82, 2.24) is 14.9 Å². The molecule has 3 amide bonds. The van der Waals surface area contributed by atoms with Gasteiger partial charge in [-0.05, 0) is 85.3 Å². The molecular weight excluding hydrogens is 637 g/mol. The first-order chi connectivity index (χ1) is 24.0. The lowest BCUT2D eigenvalue weighted by Gasteiger charge is -2.49. The lowest BCUT2D eigenvalue weighted by molar-refractivity contribution is -0.947. The number of fused-ring (bicyclic) bond motifs is 1. The number of carboxylic acid groups (broad SMARTS) is 1. The van der Waals surface area contributed by atoms with Gasteiger partial charge in [-0.1, -0.05) is 60.7 Å². The number of rotatable bonds is 9. The van der Waals surface area contributed by atoms with Gasteiger partial charge in [-0.25, -0.2) is 23.7 Å². The zero-order valence-corrected chi connectivity index (χ0v) is 27.8. The van der Waals surface area contributed by atoms with E-state index in [9.17, 15) is 29.1 Å². The molecule has 2 N–H and O–H groups in total. The van der Waals surface area contributed by atoms with Gasteiger partial charge < -0.3 is 20.5 Å². The highest BCUT2D eigenvalue weighted by Crippen LogP contribution is 2.34. The molecular formula is C39H38FN5O5. The molecule has 0 spiro atoms. The smallest absolute Gasteiger partial charge is 0.407 e. The Morgan fingerprint density at radius 3 is 2.34 bits per heavy atom. The van der Waals surface area contributed by atoms with Gasteiger partial charge in [0.2, 0.25) is 0 Å². The maximum atomic E-state index is 14.9. The molecule has 11 heteroatoms. The molecule has 2 heterocycles. The molecule has 1 saturated heterocycles. The number of nitrogens with one attached hydrogen (secondary N) is 1. The predicted octanol–water partition coefficient (Wildman–Crippen LogP) is 7.75. The number of pyridine rings is 1. The topological polar surface area (TPSA) is 126 Å². The molecule has 0 bridgehead atoms. The van der Waals surface area contributed by atoms with Crippen LogP contribution in [0.25, 0.3) is 10.9 Å². The first-order valence-corrected chi connectivity index (χ1v) is 16.5. The summed E-state index contributed by atoms with van der Waals surface area (Å²) < 4.78 is 12.3. The van der Waals surface area contributed by atoms with Crippen molar-refractivity contribution in [2.75, 3.05) is 25.5 Å². The van der Waals surface area contributed by atoms with Gasteiger partial charge in [-0.2, -0.15) is 0 Å². The zero-order valence-electron chi connectivity index (χ0n) is 27.8. The fourth-order valence-corrected chi connectivity index (χ4v) is 6.66. The van der Waals surface area contributed by atoms with Crippen LogP contribution in [0.3, 0.4) is 0 Å². The second-order valence-electron chi connectivity index (χ2n) is 12.6. The summed E-state index contributed by atoms with van der Waals surface area (Å²) >= 11 is 0. The monoisotopic (exact) mass is 675 g/mol. The minimum absolute atomic E-state index is 0.0546. The van der Waals surface area contributed by atoms with E-state index in [0.29, 0.717) is 59.3 Å². The molecule has 2 atom stereocenters. The SMILES string of the molecule is CC(c1ccccc1)[N+]([O-])(C(=O)c1ccc2nc(NC(=O)c3ccccc3C3CCN(C(=O)O)CC3)ccc2c1)N(C)Cc1ccc(F)cc1. The third-order valence-electron chi connectivity index (χ3n) is 9.52. The fraction of sp³-hybridized carbons (Fsp3) is 0.231. The number of benzene rings is 4. The van der Waals surface area contributed by atoms with Crippen LogP contribution in [0.2, 0.25) is 0 Å². The molecule has 1 aliphatic heterocycles. The first kappa shape index (κ1) is 34.4. The van der Waals surface area contributed by atoms with Crippen molar-refractivity contribution in [3.05, 3.63) is 148 Å². The Morgan fingerprint density at radius 2 is 1.64 bits per heavy atom. The molecule has 6 rings (SSSR count). The Labute approximate surface area is 289 Å². The second-order valence-corrected chi connectivity index (χ2v) is 12.6. The van der Waals surface area contributed by atoms with Gasteiger partial charge in [0, 0.05) is 36.7 Å². The van der Waals surface area contributed by atoms with E-state index in [1.807, 2.05) is 42.5 Å². The van der Waals surface area contributed by atoms with E-state index in [0.717, 1.165) is 5.56 Å². The lowest BCUT2D eigenvalue weighted by atomic mass is 9.86. The van der Waals surface area contributed by atoms with E-state index in [-0.39, 0.29) is 29.8 Å². The summed E-state index contributed by atoms with van der Waals surface area (Å²) in [7, 11) is 1.59. The molecule has 0 aliphatic carbocycles. The number of nitrogens with zero attached hydrogens (tertiary/aromatic N) is 4. The maximum Gasteiger partial charge on any atom is 0.407 e. The van der Waals surface area contributed by atoms with E-state index in [4.69, 9.17) is 0 Å². The predicted molar refractivity (Wildman–Crippen MR) is 188 cm³/mol. The Balaban J connectivity index is 1.24. The van der Waals surface area contributed by atoms with Crippen molar-refractivity contribution in [2.24, 2.45) is 0 Å². The van der Waals surface area contributed by atoms with Crippen molar-refractivity contribution in [2.45, 2.75) is 38.3 Å². The first-order valence-electron chi connectivity index (χ1n) is 16.5.